The summed E-state index contributed by atoms with van der Waals surface area (Å²) in [7, 11) is -3.70. The van der Waals surface area contributed by atoms with Gasteiger partial charge in [0.25, 0.3) is 5.91 Å². The fourth-order valence-electron chi connectivity index (χ4n) is 3.51. The summed E-state index contributed by atoms with van der Waals surface area (Å²) < 4.78 is 32.5. The Hall–Kier alpha value is -3.33. The van der Waals surface area contributed by atoms with Crippen LogP contribution in [-0.2, 0) is 14.8 Å². The van der Waals surface area contributed by atoms with Gasteiger partial charge in [0.1, 0.15) is 0 Å². The summed E-state index contributed by atoms with van der Waals surface area (Å²) >= 11 is 0. The molecule has 0 saturated carbocycles. The van der Waals surface area contributed by atoms with E-state index in [-0.39, 0.29) is 10.5 Å². The van der Waals surface area contributed by atoms with Crippen molar-refractivity contribution >= 4 is 21.6 Å². The van der Waals surface area contributed by atoms with Gasteiger partial charge < -0.3 is 4.74 Å². The Bertz CT molecular complexity index is 1250. The number of benzene rings is 3. The second-order valence-electron chi connectivity index (χ2n) is 7.68. The van der Waals surface area contributed by atoms with Gasteiger partial charge in [-0.15, -0.1) is 0 Å². The maximum Gasteiger partial charge on any atom is 0.271 e. The van der Waals surface area contributed by atoms with E-state index in [4.69, 9.17) is 4.74 Å². The number of carbonyl (C=O) groups is 1. The second kappa shape index (κ2) is 10.1. The first kappa shape index (κ1) is 22.8. The average Bonchev–Trinajstić information content (AvgIpc) is 2.86. The molecule has 0 aromatic heterocycles. The Morgan fingerprint density at radius 1 is 0.879 bits per heavy atom. The number of aryl methyl sites for hydroxylation is 1. The second-order valence-corrected chi connectivity index (χ2v) is 9.62. The van der Waals surface area contributed by atoms with Gasteiger partial charge >= 0.3 is 0 Å². The molecule has 1 heterocycles. The number of carbonyl (C=O) groups excluding carboxylic acids is 1. The van der Waals surface area contributed by atoms with E-state index >= 15 is 0 Å². The third kappa shape index (κ3) is 5.36. The molecule has 170 valence electrons. The molecule has 3 aromatic rings. The van der Waals surface area contributed by atoms with Gasteiger partial charge in [-0.1, -0.05) is 66.2 Å². The van der Waals surface area contributed by atoms with Crippen molar-refractivity contribution in [3.05, 3.63) is 101 Å². The monoisotopic (exact) mass is 463 g/mol. The van der Waals surface area contributed by atoms with Crippen molar-refractivity contribution < 1.29 is 17.9 Å². The lowest BCUT2D eigenvalue weighted by molar-refractivity contribution is 0.0730. The number of hydrazone groups is 1. The fourth-order valence-corrected chi connectivity index (χ4v) is 4.96. The minimum Gasteiger partial charge on any atom is -0.379 e. The molecule has 8 heteroatoms. The smallest absolute Gasteiger partial charge is 0.271 e. The van der Waals surface area contributed by atoms with Gasteiger partial charge in [-0.2, -0.15) is 9.41 Å². The van der Waals surface area contributed by atoms with Crippen LogP contribution in [0, 0.1) is 6.92 Å². The van der Waals surface area contributed by atoms with Crippen molar-refractivity contribution in [1.82, 2.24) is 9.73 Å². The molecular formula is C25H25N3O4S. The van der Waals surface area contributed by atoms with E-state index in [1.165, 1.54) is 16.4 Å². The average molecular weight is 464 g/mol. The van der Waals surface area contributed by atoms with Crippen LogP contribution in [0.25, 0.3) is 0 Å². The van der Waals surface area contributed by atoms with E-state index in [0.29, 0.717) is 32.0 Å². The van der Waals surface area contributed by atoms with Crippen LogP contribution in [0.3, 0.4) is 0 Å². The summed E-state index contributed by atoms with van der Waals surface area (Å²) in [6.07, 6.45) is 0. The number of nitrogens with zero attached hydrogens (tertiary/aromatic N) is 2. The molecule has 7 nitrogen and oxygen atoms in total. The molecule has 0 spiro atoms. The topological polar surface area (TPSA) is 88.1 Å². The van der Waals surface area contributed by atoms with Crippen LogP contribution in [-0.4, -0.2) is 50.6 Å². The van der Waals surface area contributed by atoms with E-state index in [1.54, 1.807) is 12.1 Å². The largest absolute Gasteiger partial charge is 0.379 e. The number of nitrogens with one attached hydrogen (secondary N) is 1. The highest BCUT2D eigenvalue weighted by atomic mass is 32.2. The van der Waals surface area contributed by atoms with Crippen molar-refractivity contribution in [2.24, 2.45) is 5.10 Å². The van der Waals surface area contributed by atoms with Gasteiger partial charge in [-0.25, -0.2) is 13.8 Å². The van der Waals surface area contributed by atoms with E-state index in [1.807, 2.05) is 61.5 Å². The highest BCUT2D eigenvalue weighted by molar-refractivity contribution is 7.89. The van der Waals surface area contributed by atoms with Gasteiger partial charge in [0.15, 0.2) is 0 Å². The number of ether oxygens (including phenoxy) is 1. The normalized spacial score (nSPS) is 15.2. The molecule has 1 aliphatic heterocycles. The molecular weight excluding hydrogens is 438 g/mol. The zero-order valence-corrected chi connectivity index (χ0v) is 19.1. The number of morpholine rings is 1. The van der Waals surface area contributed by atoms with Crippen LogP contribution < -0.4 is 5.43 Å². The Balaban J connectivity index is 1.60. The van der Waals surface area contributed by atoms with Crippen LogP contribution in [0.5, 0.6) is 0 Å². The summed E-state index contributed by atoms with van der Waals surface area (Å²) in [4.78, 5) is 12.9. The van der Waals surface area contributed by atoms with Crippen molar-refractivity contribution in [3.8, 4) is 0 Å². The molecule has 1 fully saturated rings. The van der Waals surface area contributed by atoms with Crippen LogP contribution in [0.1, 0.15) is 27.0 Å². The first-order valence-electron chi connectivity index (χ1n) is 10.6. The third-order valence-electron chi connectivity index (χ3n) is 5.35. The third-order valence-corrected chi connectivity index (χ3v) is 7.24. The molecule has 33 heavy (non-hydrogen) atoms. The summed E-state index contributed by atoms with van der Waals surface area (Å²) in [5.74, 6) is -0.491. The lowest BCUT2D eigenvalue weighted by Crippen LogP contribution is -2.40. The van der Waals surface area contributed by atoms with E-state index in [2.05, 4.69) is 10.5 Å². The van der Waals surface area contributed by atoms with Crippen molar-refractivity contribution in [2.45, 2.75) is 11.8 Å². The molecule has 4 rings (SSSR count). The predicted molar refractivity (Wildman–Crippen MR) is 127 cm³/mol. The fraction of sp³-hybridized carbons (Fsp3) is 0.200. The van der Waals surface area contributed by atoms with E-state index in [0.717, 1.165) is 16.7 Å². The molecule has 1 aliphatic rings. The standard InChI is InChI=1S/C25H25N3O4S/c1-19-10-12-21(13-11-19)24(20-6-3-2-4-7-20)26-27-25(29)22-8-5-9-23(18-22)33(30,31)28-14-16-32-17-15-28/h2-13,18H,14-17H2,1H3,(H,27,29). The number of hydrogen-bond acceptors (Lipinski definition) is 5. The zero-order chi connectivity index (χ0) is 23.3. The summed E-state index contributed by atoms with van der Waals surface area (Å²) in [6.45, 7) is 3.30. The number of hydrogen-bond donors (Lipinski definition) is 1. The van der Waals surface area contributed by atoms with Gasteiger partial charge in [-0.05, 0) is 25.1 Å². The summed E-state index contributed by atoms with van der Waals surface area (Å²) in [5, 5.41) is 4.39. The molecule has 0 atom stereocenters. The summed E-state index contributed by atoms with van der Waals surface area (Å²) in [5.41, 5.74) is 6.24. The number of amides is 1. The van der Waals surface area contributed by atoms with Crippen molar-refractivity contribution in [2.75, 3.05) is 26.3 Å². The molecule has 0 radical (unpaired) electrons. The molecule has 0 aliphatic carbocycles. The minimum atomic E-state index is -3.70. The van der Waals surface area contributed by atoms with Gasteiger partial charge in [0.2, 0.25) is 10.0 Å². The Morgan fingerprint density at radius 3 is 2.21 bits per heavy atom. The highest BCUT2D eigenvalue weighted by Crippen LogP contribution is 2.19. The SMILES string of the molecule is Cc1ccc(C(=NNC(=O)c2cccc(S(=O)(=O)N3CCOCC3)c2)c2ccccc2)cc1. The van der Waals surface area contributed by atoms with Crippen LogP contribution >= 0.6 is 0 Å². The number of rotatable bonds is 6. The lowest BCUT2D eigenvalue weighted by atomic mass is 10.0. The Labute approximate surface area is 193 Å². The lowest BCUT2D eigenvalue weighted by Gasteiger charge is -2.26. The minimum absolute atomic E-state index is 0.0721. The zero-order valence-electron chi connectivity index (χ0n) is 18.3. The van der Waals surface area contributed by atoms with Crippen molar-refractivity contribution in [3.63, 3.8) is 0 Å². The first-order chi connectivity index (χ1) is 15.9. The van der Waals surface area contributed by atoms with Gasteiger partial charge in [0.05, 0.1) is 23.8 Å². The van der Waals surface area contributed by atoms with E-state index < -0.39 is 15.9 Å². The molecule has 0 bridgehead atoms. The quantitative estimate of drug-likeness (QED) is 0.449. The van der Waals surface area contributed by atoms with Crippen LogP contribution in [0.15, 0.2) is 88.9 Å². The molecule has 1 amide bonds. The molecule has 1 saturated heterocycles. The van der Waals surface area contributed by atoms with Gasteiger partial charge in [-0.3, -0.25) is 4.79 Å². The van der Waals surface area contributed by atoms with Crippen molar-refractivity contribution in [1.29, 1.82) is 0 Å². The van der Waals surface area contributed by atoms with Crippen LogP contribution in [0.2, 0.25) is 0 Å². The Kier molecular flexibility index (Phi) is 6.98. The maximum absolute atomic E-state index is 12.9. The van der Waals surface area contributed by atoms with Gasteiger partial charge in [0, 0.05) is 29.8 Å². The maximum atomic E-state index is 12.9. The molecule has 0 unspecified atom stereocenters. The number of sulfonamides is 1. The summed E-state index contributed by atoms with van der Waals surface area (Å²) in [6, 6.07) is 23.4. The van der Waals surface area contributed by atoms with E-state index in [9.17, 15) is 13.2 Å². The Morgan fingerprint density at radius 2 is 1.52 bits per heavy atom. The predicted octanol–water partition coefficient (Wildman–Crippen LogP) is 3.20. The first-order valence-corrected chi connectivity index (χ1v) is 12.1. The molecule has 3 aromatic carbocycles. The molecule has 1 N–H and O–H groups in total. The van der Waals surface area contributed by atoms with Crippen LogP contribution in [0.4, 0.5) is 0 Å². The highest BCUT2D eigenvalue weighted by Gasteiger charge is 2.26.